The number of carbonyl (C=O) groups excluding carboxylic acids is 1. The van der Waals surface area contributed by atoms with Crippen LogP contribution in [0.25, 0.3) is 0 Å². The summed E-state index contributed by atoms with van der Waals surface area (Å²) >= 11 is 0. The second-order valence-corrected chi connectivity index (χ2v) is 7.35. The van der Waals surface area contributed by atoms with E-state index < -0.39 is 8.80 Å². The van der Waals surface area contributed by atoms with Gasteiger partial charge < -0.3 is 23.9 Å². The second-order valence-electron chi connectivity index (χ2n) is 4.62. The Labute approximate surface area is 130 Å². The van der Waals surface area contributed by atoms with Crippen LogP contribution in [0.2, 0.25) is 6.04 Å². The molecule has 0 aromatic rings. The minimum absolute atomic E-state index is 0.111. The summed E-state index contributed by atoms with van der Waals surface area (Å²) in [6.07, 6.45) is 2.86. The molecule has 0 saturated heterocycles. The fraction of sp³-hybridized carbons (Fsp3) is 0.929. The van der Waals surface area contributed by atoms with Gasteiger partial charge in [-0.05, 0) is 33.6 Å². The van der Waals surface area contributed by atoms with E-state index in [2.05, 4.69) is 17.6 Å². The van der Waals surface area contributed by atoms with Crippen molar-refractivity contribution in [2.24, 2.45) is 0 Å². The summed E-state index contributed by atoms with van der Waals surface area (Å²) < 4.78 is 17.3. The molecule has 2 N–H and O–H groups in total. The number of unbranched alkanes of at least 4 members (excludes halogenated alkanes) is 1. The van der Waals surface area contributed by atoms with Crippen molar-refractivity contribution in [3.8, 4) is 0 Å². The van der Waals surface area contributed by atoms with Gasteiger partial charge in [0, 0.05) is 39.0 Å². The third kappa shape index (κ3) is 9.84. The zero-order chi connectivity index (χ0) is 16.0. The number of rotatable bonds is 13. The van der Waals surface area contributed by atoms with Crippen LogP contribution in [0, 0.1) is 0 Å². The summed E-state index contributed by atoms with van der Waals surface area (Å²) in [6.45, 7) is 11.0. The Morgan fingerprint density at radius 1 is 0.857 bits per heavy atom. The lowest BCUT2D eigenvalue weighted by Crippen LogP contribution is -2.46. The maximum Gasteiger partial charge on any atom is 0.500 e. The number of hydrogen-bond donors (Lipinski definition) is 2. The summed E-state index contributed by atoms with van der Waals surface area (Å²) in [5.41, 5.74) is 0. The zero-order valence-electron chi connectivity index (χ0n) is 14.0. The average molecular weight is 321 g/mol. The van der Waals surface area contributed by atoms with Crippen molar-refractivity contribution in [2.75, 3.05) is 32.9 Å². The molecule has 0 radical (unpaired) electrons. The number of nitrogens with one attached hydrogen (secondary N) is 2. The predicted molar refractivity (Wildman–Crippen MR) is 86.4 cm³/mol. The first-order chi connectivity index (χ1) is 10.1. The van der Waals surface area contributed by atoms with Crippen molar-refractivity contribution in [1.82, 2.24) is 10.6 Å². The molecule has 0 saturated carbocycles. The molecule has 0 aromatic carbocycles. The molecule has 0 rings (SSSR count). The molecule has 0 aliphatic rings. The summed E-state index contributed by atoms with van der Waals surface area (Å²) in [7, 11) is -2.57. The van der Waals surface area contributed by atoms with Gasteiger partial charge in [-0.25, -0.2) is 4.79 Å². The second kappa shape index (κ2) is 13.1. The largest absolute Gasteiger partial charge is 0.500 e. The molecule has 0 atom stereocenters. The topological polar surface area (TPSA) is 68.8 Å². The first kappa shape index (κ1) is 20.4. The Morgan fingerprint density at radius 2 is 1.33 bits per heavy atom. The van der Waals surface area contributed by atoms with Crippen molar-refractivity contribution < 1.29 is 18.1 Å². The molecule has 0 aliphatic carbocycles. The van der Waals surface area contributed by atoms with Crippen LogP contribution in [0.5, 0.6) is 0 Å². The summed E-state index contributed by atoms with van der Waals surface area (Å²) in [4.78, 5) is 11.5. The van der Waals surface area contributed by atoms with Gasteiger partial charge >= 0.3 is 14.8 Å². The maximum atomic E-state index is 11.5. The van der Waals surface area contributed by atoms with Gasteiger partial charge in [0.25, 0.3) is 0 Å². The highest BCUT2D eigenvalue weighted by Gasteiger charge is 2.39. The van der Waals surface area contributed by atoms with Gasteiger partial charge in [-0.1, -0.05) is 13.3 Å². The molecule has 0 aromatic heterocycles. The lowest BCUT2D eigenvalue weighted by Gasteiger charge is -2.28. The molecule has 0 fully saturated rings. The van der Waals surface area contributed by atoms with Crippen LogP contribution < -0.4 is 10.6 Å². The Kier molecular flexibility index (Phi) is 12.7. The molecule has 0 unspecified atom stereocenters. The molecule has 2 amide bonds. The van der Waals surface area contributed by atoms with E-state index in [1.54, 1.807) is 0 Å². The standard InChI is InChI=1S/C14H32N2O4Si/c1-5-9-11-15-14(17)16-12-10-13-21(18-6-2,19-7-3)20-8-4/h5-13H2,1-4H3,(H2,15,16,17). The summed E-state index contributed by atoms with van der Waals surface area (Å²) in [5, 5.41) is 5.67. The highest BCUT2D eigenvalue weighted by atomic mass is 28.4. The Hall–Kier alpha value is -0.633. The number of amides is 2. The number of urea groups is 1. The molecule has 6 nitrogen and oxygen atoms in total. The first-order valence-corrected chi connectivity index (χ1v) is 10.0. The third-order valence-electron chi connectivity index (χ3n) is 2.85. The van der Waals surface area contributed by atoms with E-state index in [4.69, 9.17) is 13.3 Å². The van der Waals surface area contributed by atoms with Crippen LogP contribution in [0.4, 0.5) is 4.79 Å². The van der Waals surface area contributed by atoms with Crippen LogP contribution in [-0.2, 0) is 13.3 Å². The number of carbonyl (C=O) groups is 1. The molecule has 0 bridgehead atoms. The molecule has 7 heteroatoms. The van der Waals surface area contributed by atoms with Crippen LogP contribution in [0.15, 0.2) is 0 Å². The van der Waals surface area contributed by atoms with Crippen LogP contribution in [0.1, 0.15) is 47.0 Å². The van der Waals surface area contributed by atoms with Crippen molar-refractivity contribution in [3.63, 3.8) is 0 Å². The van der Waals surface area contributed by atoms with Crippen LogP contribution in [-0.4, -0.2) is 47.7 Å². The quantitative estimate of drug-likeness (QED) is 0.404. The predicted octanol–water partition coefficient (Wildman–Crippen LogP) is 2.52. The van der Waals surface area contributed by atoms with Gasteiger partial charge in [-0.2, -0.15) is 0 Å². The smallest absolute Gasteiger partial charge is 0.374 e. The van der Waals surface area contributed by atoms with E-state index >= 15 is 0 Å². The lowest BCUT2D eigenvalue weighted by atomic mass is 10.3. The monoisotopic (exact) mass is 320 g/mol. The van der Waals surface area contributed by atoms with Crippen molar-refractivity contribution in [3.05, 3.63) is 0 Å². The van der Waals surface area contributed by atoms with Crippen molar-refractivity contribution >= 4 is 14.8 Å². The highest BCUT2D eigenvalue weighted by molar-refractivity contribution is 6.60. The fourth-order valence-corrected chi connectivity index (χ4v) is 4.56. The van der Waals surface area contributed by atoms with Crippen molar-refractivity contribution in [1.29, 1.82) is 0 Å². The highest BCUT2D eigenvalue weighted by Crippen LogP contribution is 2.17. The van der Waals surface area contributed by atoms with E-state index in [1.807, 2.05) is 20.8 Å². The minimum atomic E-state index is -2.57. The summed E-state index contributed by atoms with van der Waals surface area (Å²) in [6, 6.07) is 0.609. The molecule has 126 valence electrons. The van der Waals surface area contributed by atoms with Gasteiger partial charge in [-0.3, -0.25) is 0 Å². The maximum absolute atomic E-state index is 11.5. The fourth-order valence-electron chi connectivity index (χ4n) is 1.95. The van der Waals surface area contributed by atoms with Crippen LogP contribution in [0.3, 0.4) is 0 Å². The molecule has 0 heterocycles. The van der Waals surface area contributed by atoms with E-state index in [1.165, 1.54) is 0 Å². The van der Waals surface area contributed by atoms with Gasteiger partial charge in [0.2, 0.25) is 0 Å². The Balaban J connectivity index is 4.03. The van der Waals surface area contributed by atoms with E-state index in [9.17, 15) is 4.79 Å². The Bertz CT molecular complexity index is 250. The third-order valence-corrected chi connectivity index (χ3v) is 6.01. The van der Waals surface area contributed by atoms with E-state index in [-0.39, 0.29) is 6.03 Å². The Morgan fingerprint density at radius 3 is 1.76 bits per heavy atom. The van der Waals surface area contributed by atoms with Gasteiger partial charge in [0.05, 0.1) is 0 Å². The molecular weight excluding hydrogens is 288 g/mol. The van der Waals surface area contributed by atoms with Crippen LogP contribution >= 0.6 is 0 Å². The van der Waals surface area contributed by atoms with Gasteiger partial charge in [0.15, 0.2) is 0 Å². The number of hydrogen-bond acceptors (Lipinski definition) is 4. The minimum Gasteiger partial charge on any atom is -0.374 e. The molecular formula is C14H32N2O4Si. The summed E-state index contributed by atoms with van der Waals surface area (Å²) in [5.74, 6) is 0. The normalized spacial score (nSPS) is 11.4. The van der Waals surface area contributed by atoms with Gasteiger partial charge in [-0.15, -0.1) is 0 Å². The SMILES string of the molecule is CCCCNC(=O)NCCC[Si](OCC)(OCC)OCC. The first-order valence-electron chi connectivity index (χ1n) is 8.07. The molecule has 0 spiro atoms. The average Bonchev–Trinajstić information content (AvgIpc) is 2.45. The van der Waals surface area contributed by atoms with Gasteiger partial charge in [0.1, 0.15) is 0 Å². The lowest BCUT2D eigenvalue weighted by molar-refractivity contribution is 0.0708. The van der Waals surface area contributed by atoms with E-state index in [0.717, 1.165) is 31.9 Å². The zero-order valence-corrected chi connectivity index (χ0v) is 15.0. The molecule has 21 heavy (non-hydrogen) atoms. The van der Waals surface area contributed by atoms with Crippen molar-refractivity contribution in [2.45, 2.75) is 53.0 Å². The van der Waals surface area contributed by atoms with E-state index in [0.29, 0.717) is 26.4 Å². The molecule has 0 aliphatic heterocycles.